The zero-order chi connectivity index (χ0) is 59.3. The number of rotatable bonds is 67. The van der Waals surface area contributed by atoms with Crippen molar-refractivity contribution in [3.05, 3.63) is 12.2 Å². The Kier molecular flexibility index (Phi) is 60.9. The molecule has 482 valence electrons. The van der Waals surface area contributed by atoms with Crippen LogP contribution in [0.4, 0.5) is 0 Å². The van der Waals surface area contributed by atoms with Crippen molar-refractivity contribution in [2.24, 2.45) is 0 Å². The molecule has 0 saturated carbocycles. The van der Waals surface area contributed by atoms with Crippen molar-refractivity contribution in [3.63, 3.8) is 0 Å². The molecule has 1 amide bonds. The topological polar surface area (TPSA) is 114 Å². The maximum atomic E-state index is 13.6. The Morgan fingerprint density at radius 2 is 0.704 bits per heavy atom. The molecule has 0 radical (unpaired) electrons. The van der Waals surface area contributed by atoms with Crippen LogP contribution in [0.1, 0.15) is 380 Å². The van der Waals surface area contributed by atoms with Crippen molar-refractivity contribution in [1.82, 2.24) is 5.32 Å². The number of ether oxygens (including phenoxy) is 1. The molecule has 0 rings (SSSR count). The number of hydrogen-bond donors (Lipinski definition) is 1. The largest absolute Gasteiger partial charge is 0.756 e. The Morgan fingerprint density at radius 3 is 1.01 bits per heavy atom. The van der Waals surface area contributed by atoms with E-state index in [1.54, 1.807) is 0 Å². The molecule has 0 aliphatic rings. The summed E-state index contributed by atoms with van der Waals surface area (Å²) < 4.78 is 30.5. The smallest absolute Gasteiger partial charge is 0.306 e. The number of likely N-dealkylation sites (N-methyl/N-ethyl adjacent to an activating group) is 1. The number of allylic oxidation sites excluding steroid dienone is 1. The third-order valence-corrected chi connectivity index (χ3v) is 17.7. The first-order valence-electron chi connectivity index (χ1n) is 36.0. The third kappa shape index (κ3) is 63.1. The summed E-state index contributed by atoms with van der Waals surface area (Å²) in [5.41, 5.74) is 0. The molecule has 9 nitrogen and oxygen atoms in total. The van der Waals surface area contributed by atoms with Crippen molar-refractivity contribution in [1.29, 1.82) is 0 Å². The predicted molar refractivity (Wildman–Crippen MR) is 349 cm³/mol. The third-order valence-electron chi connectivity index (χ3n) is 16.7. The van der Waals surface area contributed by atoms with Gasteiger partial charge in [0.25, 0.3) is 7.82 Å². The van der Waals surface area contributed by atoms with Gasteiger partial charge in [-0.2, -0.15) is 0 Å². The van der Waals surface area contributed by atoms with E-state index in [1.165, 1.54) is 289 Å². The highest BCUT2D eigenvalue weighted by Gasteiger charge is 2.27. The number of nitrogens with zero attached hydrogens (tertiary/aromatic N) is 1. The number of esters is 1. The van der Waals surface area contributed by atoms with Crippen molar-refractivity contribution in [3.8, 4) is 0 Å². The van der Waals surface area contributed by atoms with Gasteiger partial charge in [0.1, 0.15) is 19.3 Å². The number of carbonyl (C=O) groups is 2. The minimum Gasteiger partial charge on any atom is -0.756 e. The van der Waals surface area contributed by atoms with Crippen LogP contribution in [0.5, 0.6) is 0 Å². The van der Waals surface area contributed by atoms with Gasteiger partial charge in [-0.05, 0) is 31.8 Å². The van der Waals surface area contributed by atoms with Gasteiger partial charge in [-0.1, -0.05) is 348 Å². The fraction of sp³-hybridized carbons (Fsp3) is 0.944. The van der Waals surface area contributed by atoms with Crippen molar-refractivity contribution in [2.45, 2.75) is 392 Å². The van der Waals surface area contributed by atoms with Gasteiger partial charge in [0.05, 0.1) is 33.8 Å². The molecule has 81 heavy (non-hydrogen) atoms. The summed E-state index contributed by atoms with van der Waals surface area (Å²) in [5.74, 6) is -0.512. The standard InChI is InChI=1S/C71H141N2O7P/c1-7-10-13-16-19-22-25-28-30-32-34-35-36-37-39-40-42-45-48-51-54-57-60-63-70(74)72-68(67-79-81(76,77)78-66-65-73(4,5)6)69(62-59-56-53-50-47-44-27-24-21-18-15-12-9-3)80-71(75)64-61-58-55-52-49-46-43-41-38-33-31-29-26-23-20-17-14-11-8-2/h59,62,68-69H,7-58,60-61,63-67H2,1-6H3,(H-,72,74,76,77)/b62-59+. The summed E-state index contributed by atoms with van der Waals surface area (Å²) in [7, 11) is 1.21. The molecule has 0 aromatic rings. The number of quaternary nitrogens is 1. The van der Waals surface area contributed by atoms with Crippen molar-refractivity contribution >= 4 is 19.7 Å². The van der Waals surface area contributed by atoms with E-state index in [0.717, 1.165) is 57.8 Å². The molecule has 3 unspecified atom stereocenters. The van der Waals surface area contributed by atoms with E-state index in [1.807, 2.05) is 33.3 Å². The van der Waals surface area contributed by atoms with E-state index in [9.17, 15) is 19.0 Å². The molecule has 0 saturated heterocycles. The first kappa shape index (κ1) is 79.8. The fourth-order valence-electron chi connectivity index (χ4n) is 11.2. The average Bonchev–Trinajstić information content (AvgIpc) is 3.44. The Labute approximate surface area is 505 Å². The highest BCUT2D eigenvalue weighted by atomic mass is 31.2. The van der Waals surface area contributed by atoms with Crippen LogP contribution in [0.15, 0.2) is 12.2 Å². The summed E-state index contributed by atoms with van der Waals surface area (Å²) in [6.07, 6.45) is 73.3. The lowest BCUT2D eigenvalue weighted by Crippen LogP contribution is -2.47. The second-order valence-corrected chi connectivity index (χ2v) is 27.5. The molecule has 1 N–H and O–H groups in total. The number of phosphoric acid groups is 1. The number of amides is 1. The monoisotopic (exact) mass is 1170 g/mol. The van der Waals surface area contributed by atoms with E-state index < -0.39 is 20.0 Å². The Balaban J connectivity index is 5.05. The second kappa shape index (κ2) is 61.8. The van der Waals surface area contributed by atoms with Crippen LogP contribution in [0.3, 0.4) is 0 Å². The molecule has 0 spiro atoms. The number of hydrogen-bond acceptors (Lipinski definition) is 7. The molecule has 0 aromatic carbocycles. The number of carbonyl (C=O) groups excluding carboxylic acids is 2. The Morgan fingerprint density at radius 1 is 0.420 bits per heavy atom. The molecule has 0 heterocycles. The van der Waals surface area contributed by atoms with Crippen LogP contribution in [0.2, 0.25) is 0 Å². The van der Waals surface area contributed by atoms with Gasteiger partial charge in [0.2, 0.25) is 5.91 Å². The van der Waals surface area contributed by atoms with Gasteiger partial charge in [0.15, 0.2) is 0 Å². The Bertz CT molecular complexity index is 1390. The van der Waals surface area contributed by atoms with Crippen LogP contribution in [0.25, 0.3) is 0 Å². The molecule has 0 aliphatic carbocycles. The quantitative estimate of drug-likeness (QED) is 0.0212. The maximum Gasteiger partial charge on any atom is 0.306 e. The molecule has 3 atom stereocenters. The highest BCUT2D eigenvalue weighted by Crippen LogP contribution is 2.38. The number of phosphoric ester groups is 1. The van der Waals surface area contributed by atoms with Crippen LogP contribution in [0, 0.1) is 0 Å². The van der Waals surface area contributed by atoms with Gasteiger partial charge in [0, 0.05) is 12.8 Å². The zero-order valence-electron chi connectivity index (χ0n) is 55.3. The number of nitrogens with one attached hydrogen (secondary N) is 1. The van der Waals surface area contributed by atoms with Crippen LogP contribution in [-0.2, 0) is 27.9 Å². The van der Waals surface area contributed by atoms with E-state index in [-0.39, 0.29) is 31.5 Å². The lowest BCUT2D eigenvalue weighted by atomic mass is 10.0. The summed E-state index contributed by atoms with van der Waals surface area (Å²) >= 11 is 0. The normalized spacial score (nSPS) is 13.5. The summed E-state index contributed by atoms with van der Waals surface area (Å²) in [5, 5.41) is 3.06. The average molecular weight is 1170 g/mol. The van der Waals surface area contributed by atoms with Gasteiger partial charge >= 0.3 is 5.97 Å². The molecular weight excluding hydrogens is 1020 g/mol. The number of unbranched alkanes of at least 4 members (excludes halogenated alkanes) is 51. The first-order valence-corrected chi connectivity index (χ1v) is 37.5. The van der Waals surface area contributed by atoms with Crippen LogP contribution >= 0.6 is 7.82 Å². The fourth-order valence-corrected chi connectivity index (χ4v) is 11.9. The summed E-state index contributed by atoms with van der Waals surface area (Å²) in [4.78, 5) is 40.2. The highest BCUT2D eigenvalue weighted by molar-refractivity contribution is 7.45. The van der Waals surface area contributed by atoms with Crippen LogP contribution in [-0.4, -0.2) is 69.4 Å². The van der Waals surface area contributed by atoms with Crippen LogP contribution < -0.4 is 10.2 Å². The molecule has 0 bridgehead atoms. The molecule has 10 heteroatoms. The van der Waals surface area contributed by atoms with Gasteiger partial charge < -0.3 is 28.5 Å². The van der Waals surface area contributed by atoms with Gasteiger partial charge in [-0.3, -0.25) is 14.2 Å². The summed E-state index contributed by atoms with van der Waals surface area (Å²) in [6, 6.07) is -0.881. The first-order chi connectivity index (χ1) is 39.4. The Hall–Kier alpha value is -1.25. The van der Waals surface area contributed by atoms with Crippen molar-refractivity contribution in [2.75, 3.05) is 40.9 Å². The molecule has 0 aliphatic heterocycles. The lowest BCUT2D eigenvalue weighted by Gasteiger charge is -2.30. The second-order valence-electron chi connectivity index (χ2n) is 26.1. The SMILES string of the molecule is CCCCCCCCCCCCC/C=C/C(OC(=O)CCCCCCCCCCCCCCCCCCCCC)C(COP(=O)([O-])OCC[N+](C)(C)C)NC(=O)CCCCCCCCCCCCCCCCCCCCCCCCC. The molecular formula is C71H141N2O7P. The lowest BCUT2D eigenvalue weighted by molar-refractivity contribution is -0.870. The maximum absolute atomic E-state index is 13.6. The zero-order valence-corrected chi connectivity index (χ0v) is 56.2. The van der Waals surface area contributed by atoms with Gasteiger partial charge in [-0.25, -0.2) is 0 Å². The van der Waals surface area contributed by atoms with Gasteiger partial charge in [-0.15, -0.1) is 0 Å². The van der Waals surface area contributed by atoms with E-state index in [2.05, 4.69) is 26.1 Å². The molecule has 0 fully saturated rings. The van der Waals surface area contributed by atoms with E-state index >= 15 is 0 Å². The van der Waals surface area contributed by atoms with Crippen molar-refractivity contribution < 1.29 is 37.3 Å². The summed E-state index contributed by atoms with van der Waals surface area (Å²) in [6.45, 7) is 6.93. The predicted octanol–water partition coefficient (Wildman–Crippen LogP) is 22.1. The molecule has 0 aromatic heterocycles. The van der Waals surface area contributed by atoms with E-state index in [0.29, 0.717) is 17.4 Å². The minimum atomic E-state index is -4.70. The minimum absolute atomic E-state index is 0.0163. The van der Waals surface area contributed by atoms with E-state index in [4.69, 9.17) is 13.8 Å².